The quantitative estimate of drug-likeness (QED) is 0.582. The monoisotopic (exact) mass is 230 g/mol. The zero-order chi connectivity index (χ0) is 12.4. The zero-order valence-electron chi connectivity index (χ0n) is 10.9. The van der Waals surface area contributed by atoms with Crippen molar-refractivity contribution in [3.8, 4) is 0 Å². The summed E-state index contributed by atoms with van der Waals surface area (Å²) in [6.07, 6.45) is 4.34. The van der Waals surface area contributed by atoms with Crippen LogP contribution in [0.4, 0.5) is 0 Å². The van der Waals surface area contributed by atoms with Gasteiger partial charge in [0.1, 0.15) is 6.79 Å². The maximum Gasteiger partial charge on any atom is 0.143 e. The summed E-state index contributed by atoms with van der Waals surface area (Å²) in [5.74, 6) is 1.39. The van der Waals surface area contributed by atoms with Gasteiger partial charge < -0.3 is 14.6 Å². The molecule has 3 heteroatoms. The van der Waals surface area contributed by atoms with E-state index in [1.807, 2.05) is 20.8 Å². The van der Waals surface area contributed by atoms with E-state index >= 15 is 0 Å². The molecule has 0 radical (unpaired) electrons. The molecule has 1 aliphatic carbocycles. The third-order valence-corrected chi connectivity index (χ3v) is 2.77. The largest absolute Gasteiger partial charge is 0.499 e. The van der Waals surface area contributed by atoms with Crippen LogP contribution in [-0.2, 0) is 9.47 Å². The molecule has 1 saturated carbocycles. The summed E-state index contributed by atoms with van der Waals surface area (Å²) >= 11 is 0. The van der Waals surface area contributed by atoms with Crippen LogP contribution in [0.15, 0.2) is 12.3 Å². The lowest BCUT2D eigenvalue weighted by molar-refractivity contribution is -0.0674. The van der Waals surface area contributed by atoms with Gasteiger partial charge in [0.25, 0.3) is 0 Å². The molecule has 1 N–H and O–H groups in total. The first-order valence-corrected chi connectivity index (χ1v) is 6.32. The van der Waals surface area contributed by atoms with Crippen LogP contribution < -0.4 is 0 Å². The number of allylic oxidation sites excluding steroid dienone is 1. The number of aliphatic hydroxyl groups is 1. The third-order valence-electron chi connectivity index (χ3n) is 2.77. The highest BCUT2D eigenvalue weighted by atomic mass is 16.6. The SMILES string of the molecule is C=C(OCC)C1CCC(OCO)CC1.CC. The number of hydrogen-bond acceptors (Lipinski definition) is 3. The maximum atomic E-state index is 8.61. The molecule has 96 valence electrons. The van der Waals surface area contributed by atoms with Crippen LogP contribution >= 0.6 is 0 Å². The molecule has 3 nitrogen and oxygen atoms in total. The van der Waals surface area contributed by atoms with Gasteiger partial charge in [-0.25, -0.2) is 0 Å². The van der Waals surface area contributed by atoms with Gasteiger partial charge in [-0.05, 0) is 32.6 Å². The molecule has 0 aromatic heterocycles. The first kappa shape index (κ1) is 15.5. The Balaban J connectivity index is 0.00000106. The van der Waals surface area contributed by atoms with Crippen molar-refractivity contribution in [2.24, 2.45) is 5.92 Å². The number of hydrogen-bond donors (Lipinski definition) is 1. The van der Waals surface area contributed by atoms with E-state index in [4.69, 9.17) is 14.6 Å². The Bertz CT molecular complexity index is 172. The molecular formula is C13H26O3. The molecule has 0 saturated heterocycles. The Kier molecular flexibility index (Phi) is 9.34. The van der Waals surface area contributed by atoms with Gasteiger partial charge in [0.2, 0.25) is 0 Å². The highest BCUT2D eigenvalue weighted by Crippen LogP contribution is 2.30. The summed E-state index contributed by atoms with van der Waals surface area (Å²) in [6.45, 7) is 10.4. The van der Waals surface area contributed by atoms with Crippen LogP contribution in [0.5, 0.6) is 0 Å². The lowest BCUT2D eigenvalue weighted by Crippen LogP contribution is -2.23. The van der Waals surface area contributed by atoms with Gasteiger partial charge in [0, 0.05) is 5.92 Å². The van der Waals surface area contributed by atoms with E-state index in [1.165, 1.54) is 0 Å². The smallest absolute Gasteiger partial charge is 0.143 e. The molecule has 0 heterocycles. The predicted molar refractivity (Wildman–Crippen MR) is 66.0 cm³/mol. The molecule has 0 spiro atoms. The molecule has 0 aromatic rings. The second-order valence-corrected chi connectivity index (χ2v) is 3.67. The molecule has 0 aromatic carbocycles. The molecular weight excluding hydrogens is 204 g/mol. The molecule has 1 aliphatic rings. The minimum atomic E-state index is -0.165. The molecule has 0 atom stereocenters. The van der Waals surface area contributed by atoms with Crippen molar-refractivity contribution < 1.29 is 14.6 Å². The Hall–Kier alpha value is -0.540. The summed E-state index contributed by atoms with van der Waals surface area (Å²) in [5, 5.41) is 8.61. The molecule has 0 aliphatic heterocycles. The minimum absolute atomic E-state index is 0.165. The van der Waals surface area contributed by atoms with Gasteiger partial charge in [-0.3, -0.25) is 0 Å². The number of aliphatic hydroxyl groups excluding tert-OH is 1. The van der Waals surface area contributed by atoms with Gasteiger partial charge in [0.05, 0.1) is 18.5 Å². The van der Waals surface area contributed by atoms with E-state index < -0.39 is 0 Å². The van der Waals surface area contributed by atoms with Gasteiger partial charge in [0.15, 0.2) is 0 Å². The van der Waals surface area contributed by atoms with Crippen LogP contribution in [0.2, 0.25) is 0 Å². The van der Waals surface area contributed by atoms with Crippen molar-refractivity contribution in [3.63, 3.8) is 0 Å². The van der Waals surface area contributed by atoms with E-state index in [0.29, 0.717) is 12.5 Å². The van der Waals surface area contributed by atoms with E-state index in [9.17, 15) is 0 Å². The third kappa shape index (κ3) is 5.52. The Morgan fingerprint density at radius 3 is 2.25 bits per heavy atom. The Labute approximate surface area is 99.5 Å². The Morgan fingerprint density at radius 2 is 1.81 bits per heavy atom. The van der Waals surface area contributed by atoms with Crippen LogP contribution in [-0.4, -0.2) is 24.6 Å². The zero-order valence-corrected chi connectivity index (χ0v) is 10.9. The van der Waals surface area contributed by atoms with Crippen molar-refractivity contribution >= 4 is 0 Å². The fourth-order valence-electron chi connectivity index (χ4n) is 1.96. The van der Waals surface area contributed by atoms with Gasteiger partial charge in [-0.15, -0.1) is 0 Å². The average Bonchev–Trinajstić information content (AvgIpc) is 2.33. The van der Waals surface area contributed by atoms with Gasteiger partial charge in [-0.2, -0.15) is 0 Å². The fourth-order valence-corrected chi connectivity index (χ4v) is 1.96. The number of ether oxygens (including phenoxy) is 2. The van der Waals surface area contributed by atoms with Crippen molar-refractivity contribution in [1.82, 2.24) is 0 Å². The van der Waals surface area contributed by atoms with Crippen molar-refractivity contribution in [3.05, 3.63) is 12.3 Å². The van der Waals surface area contributed by atoms with Crippen molar-refractivity contribution in [2.75, 3.05) is 13.4 Å². The molecule has 1 fully saturated rings. The van der Waals surface area contributed by atoms with Crippen LogP contribution in [0, 0.1) is 5.92 Å². The highest BCUT2D eigenvalue weighted by molar-refractivity contribution is 4.94. The van der Waals surface area contributed by atoms with Crippen LogP contribution in [0.25, 0.3) is 0 Å². The molecule has 1 rings (SSSR count). The summed E-state index contributed by atoms with van der Waals surface area (Å²) in [5.41, 5.74) is 0. The van der Waals surface area contributed by atoms with Gasteiger partial charge in [-0.1, -0.05) is 20.4 Å². The van der Waals surface area contributed by atoms with Crippen LogP contribution in [0.3, 0.4) is 0 Å². The normalized spacial score (nSPS) is 24.2. The van der Waals surface area contributed by atoms with E-state index in [0.717, 1.165) is 31.4 Å². The first-order chi connectivity index (χ1) is 7.77. The summed E-state index contributed by atoms with van der Waals surface area (Å²) in [6, 6.07) is 0. The second-order valence-electron chi connectivity index (χ2n) is 3.67. The van der Waals surface area contributed by atoms with Crippen LogP contribution in [0.1, 0.15) is 46.5 Å². The van der Waals surface area contributed by atoms with E-state index in [1.54, 1.807) is 0 Å². The van der Waals surface area contributed by atoms with Gasteiger partial charge >= 0.3 is 0 Å². The lowest BCUT2D eigenvalue weighted by atomic mass is 9.86. The summed E-state index contributed by atoms with van der Waals surface area (Å²) in [4.78, 5) is 0. The molecule has 0 unspecified atom stereocenters. The predicted octanol–water partition coefficient (Wildman–Crippen LogP) is 3.09. The average molecular weight is 230 g/mol. The lowest BCUT2D eigenvalue weighted by Gasteiger charge is -2.28. The van der Waals surface area contributed by atoms with E-state index in [2.05, 4.69) is 6.58 Å². The van der Waals surface area contributed by atoms with E-state index in [-0.39, 0.29) is 12.9 Å². The fraction of sp³-hybridized carbons (Fsp3) is 0.846. The van der Waals surface area contributed by atoms with Crippen molar-refractivity contribution in [1.29, 1.82) is 0 Å². The second kappa shape index (κ2) is 9.67. The number of rotatable bonds is 5. The molecule has 0 bridgehead atoms. The highest BCUT2D eigenvalue weighted by Gasteiger charge is 2.23. The minimum Gasteiger partial charge on any atom is -0.499 e. The first-order valence-electron chi connectivity index (χ1n) is 6.32. The Morgan fingerprint density at radius 1 is 1.25 bits per heavy atom. The topological polar surface area (TPSA) is 38.7 Å². The standard InChI is InChI=1S/C11H20O3.C2H6/c1-3-13-9(2)10-4-6-11(7-5-10)14-8-12;1-2/h10-12H,2-8H2,1H3;1-2H3. The molecule has 0 amide bonds. The summed E-state index contributed by atoms with van der Waals surface area (Å²) in [7, 11) is 0. The molecule has 16 heavy (non-hydrogen) atoms. The summed E-state index contributed by atoms with van der Waals surface area (Å²) < 4.78 is 10.5. The maximum absolute atomic E-state index is 8.61. The van der Waals surface area contributed by atoms with Crippen molar-refractivity contribution in [2.45, 2.75) is 52.6 Å².